The minimum absolute atomic E-state index is 0.148. The molecule has 0 rings (SSSR count). The van der Waals surface area contributed by atoms with Gasteiger partial charge >= 0.3 is 17.9 Å². The summed E-state index contributed by atoms with van der Waals surface area (Å²) in [4.78, 5) is 37.9. The number of esters is 3. The number of rotatable bonds is 45. The van der Waals surface area contributed by atoms with Gasteiger partial charge in [0, 0.05) is 19.3 Å². The van der Waals surface area contributed by atoms with E-state index in [2.05, 4.69) is 136 Å². The van der Waals surface area contributed by atoms with Gasteiger partial charge in [-0.15, -0.1) is 0 Å². The van der Waals surface area contributed by atoms with Crippen LogP contribution in [0.25, 0.3) is 0 Å². The Morgan fingerprint density at radius 1 is 0.308 bits per heavy atom. The Kier molecular flexibility index (Phi) is 49.1. The molecule has 0 saturated carbocycles. The van der Waals surface area contributed by atoms with Crippen molar-refractivity contribution in [2.45, 2.75) is 219 Å². The molecule has 65 heavy (non-hydrogen) atoms. The van der Waals surface area contributed by atoms with Crippen LogP contribution >= 0.6 is 0 Å². The minimum atomic E-state index is -0.854. The molecule has 1 unspecified atom stereocenters. The summed E-state index contributed by atoms with van der Waals surface area (Å²) in [5, 5.41) is 0. The van der Waals surface area contributed by atoms with Gasteiger partial charge in [0.05, 0.1) is 0 Å². The largest absolute Gasteiger partial charge is 0.462 e. The lowest BCUT2D eigenvalue weighted by Crippen LogP contribution is -2.30. The summed E-state index contributed by atoms with van der Waals surface area (Å²) in [6.07, 6.45) is 72.0. The van der Waals surface area contributed by atoms with Crippen molar-refractivity contribution in [1.29, 1.82) is 0 Å². The van der Waals surface area contributed by atoms with Crippen molar-refractivity contribution in [3.8, 4) is 0 Å². The predicted octanol–water partition coefficient (Wildman–Crippen LogP) is 17.3. The highest BCUT2D eigenvalue weighted by Crippen LogP contribution is 2.10. The molecule has 0 fully saturated rings. The summed E-state index contributed by atoms with van der Waals surface area (Å²) >= 11 is 0. The van der Waals surface area contributed by atoms with Crippen LogP contribution in [-0.4, -0.2) is 37.2 Å². The van der Waals surface area contributed by atoms with Gasteiger partial charge in [0.2, 0.25) is 0 Å². The summed E-state index contributed by atoms with van der Waals surface area (Å²) in [7, 11) is 0. The molecule has 0 aliphatic heterocycles. The van der Waals surface area contributed by atoms with Gasteiger partial charge in [-0.1, -0.05) is 200 Å². The van der Waals surface area contributed by atoms with Gasteiger partial charge in [0.1, 0.15) is 13.2 Å². The SMILES string of the molecule is CCCCC/C=C\C/C=C\C/C=C\C/C=C\CCCC(=O)OCC(COC(=O)CC/C=C\C/C=C\CCCCCCCC)OC(=O)CCC/C=C\C/C=C\C/C=C\C/C=C\CCCCC. The van der Waals surface area contributed by atoms with Crippen LogP contribution in [0.3, 0.4) is 0 Å². The van der Waals surface area contributed by atoms with Crippen molar-refractivity contribution < 1.29 is 28.6 Å². The zero-order chi connectivity index (χ0) is 47.2. The van der Waals surface area contributed by atoms with Crippen LogP contribution < -0.4 is 0 Å². The average Bonchev–Trinajstić information content (AvgIpc) is 3.30. The molecule has 6 nitrogen and oxygen atoms in total. The van der Waals surface area contributed by atoms with E-state index < -0.39 is 12.1 Å². The van der Waals surface area contributed by atoms with E-state index in [0.29, 0.717) is 19.3 Å². The second-order valence-electron chi connectivity index (χ2n) is 16.7. The number of carbonyl (C=O) groups is 3. The van der Waals surface area contributed by atoms with Gasteiger partial charge < -0.3 is 14.2 Å². The van der Waals surface area contributed by atoms with Crippen molar-refractivity contribution in [3.63, 3.8) is 0 Å². The zero-order valence-electron chi connectivity index (χ0n) is 41.7. The van der Waals surface area contributed by atoms with Crippen molar-refractivity contribution in [2.24, 2.45) is 0 Å². The van der Waals surface area contributed by atoms with Gasteiger partial charge in [0.25, 0.3) is 0 Å². The second kappa shape index (κ2) is 52.4. The third-order valence-corrected chi connectivity index (χ3v) is 10.4. The first-order valence-corrected chi connectivity index (χ1v) is 26.0. The maximum atomic E-state index is 12.8. The Morgan fingerprint density at radius 3 is 0.985 bits per heavy atom. The average molecular weight is 899 g/mol. The first-order valence-electron chi connectivity index (χ1n) is 26.0. The maximum absolute atomic E-state index is 12.8. The fourth-order valence-corrected chi connectivity index (χ4v) is 6.48. The molecule has 6 heteroatoms. The number of unbranched alkanes of at least 4 members (excludes halogenated alkanes) is 14. The zero-order valence-corrected chi connectivity index (χ0v) is 41.7. The van der Waals surface area contributed by atoms with Gasteiger partial charge in [-0.25, -0.2) is 0 Å². The normalized spacial score (nSPS) is 13.1. The molecular weight excluding hydrogens is 805 g/mol. The molecule has 0 aliphatic carbocycles. The Bertz CT molecular complexity index is 1400. The van der Waals surface area contributed by atoms with E-state index in [-0.39, 0.29) is 44.4 Å². The fraction of sp³-hybridized carbons (Fsp3) is 0.610. The standard InChI is InChI=1S/C59H94O6/c1-4-7-10-13-16-19-22-25-27-29-31-34-37-40-43-46-49-52-58(61)64-55-56(54-63-57(60)51-48-45-42-39-36-33-24-21-18-15-12-9-6-3)65-59(62)53-50-47-44-41-38-35-32-30-28-26-23-20-17-14-11-8-5-2/h16-17,19-20,25-28,31-36,40-45,56H,4-15,18,21-24,29-30,37-39,46-55H2,1-3H3/b19-16-,20-17-,27-25-,28-26-,34-31-,35-32-,36-33-,43-40-,44-41-,45-42-. The summed E-state index contributed by atoms with van der Waals surface area (Å²) in [6, 6.07) is 0. The van der Waals surface area contributed by atoms with Crippen molar-refractivity contribution in [3.05, 3.63) is 122 Å². The lowest BCUT2D eigenvalue weighted by molar-refractivity contribution is -0.166. The van der Waals surface area contributed by atoms with Crippen molar-refractivity contribution in [2.75, 3.05) is 13.2 Å². The lowest BCUT2D eigenvalue weighted by atomic mass is 10.1. The number of carbonyl (C=O) groups excluding carboxylic acids is 3. The van der Waals surface area contributed by atoms with Crippen LogP contribution in [0.2, 0.25) is 0 Å². The Hall–Kier alpha value is -4.19. The van der Waals surface area contributed by atoms with Gasteiger partial charge in [-0.2, -0.15) is 0 Å². The first kappa shape index (κ1) is 60.8. The molecule has 0 N–H and O–H groups in total. The topological polar surface area (TPSA) is 78.9 Å². The van der Waals surface area contributed by atoms with E-state index >= 15 is 0 Å². The molecule has 0 bridgehead atoms. The molecule has 0 aromatic rings. The highest BCUT2D eigenvalue weighted by molar-refractivity contribution is 5.71. The van der Waals surface area contributed by atoms with E-state index in [1.54, 1.807) is 0 Å². The summed E-state index contributed by atoms with van der Waals surface area (Å²) in [5.74, 6) is -1.13. The van der Waals surface area contributed by atoms with E-state index in [4.69, 9.17) is 14.2 Å². The van der Waals surface area contributed by atoms with Crippen LogP contribution in [0.15, 0.2) is 122 Å². The van der Waals surface area contributed by atoms with Crippen LogP contribution in [0.5, 0.6) is 0 Å². The highest BCUT2D eigenvalue weighted by Gasteiger charge is 2.19. The molecular formula is C59H94O6. The van der Waals surface area contributed by atoms with Crippen molar-refractivity contribution >= 4 is 17.9 Å². The molecule has 0 aromatic carbocycles. The fourth-order valence-electron chi connectivity index (χ4n) is 6.48. The quantitative estimate of drug-likeness (QED) is 0.0262. The Balaban J connectivity index is 4.65. The van der Waals surface area contributed by atoms with Gasteiger partial charge in [-0.05, 0) is 116 Å². The van der Waals surface area contributed by atoms with Crippen LogP contribution in [0, 0.1) is 0 Å². The molecule has 0 radical (unpaired) electrons. The van der Waals surface area contributed by atoms with Crippen molar-refractivity contribution in [1.82, 2.24) is 0 Å². The van der Waals surface area contributed by atoms with E-state index in [0.717, 1.165) is 64.2 Å². The third kappa shape index (κ3) is 50.7. The first-order chi connectivity index (χ1) is 32.0. The molecule has 0 spiro atoms. The second-order valence-corrected chi connectivity index (χ2v) is 16.7. The molecule has 0 saturated heterocycles. The van der Waals surface area contributed by atoms with Gasteiger partial charge in [-0.3, -0.25) is 14.4 Å². The number of hydrogen-bond acceptors (Lipinski definition) is 6. The van der Waals surface area contributed by atoms with Crippen LogP contribution in [0.4, 0.5) is 0 Å². The number of ether oxygens (including phenoxy) is 3. The third-order valence-electron chi connectivity index (χ3n) is 10.4. The van der Waals surface area contributed by atoms with Crippen LogP contribution in [0.1, 0.15) is 213 Å². The maximum Gasteiger partial charge on any atom is 0.306 e. The van der Waals surface area contributed by atoms with Crippen LogP contribution in [-0.2, 0) is 28.6 Å². The molecule has 0 heterocycles. The van der Waals surface area contributed by atoms with E-state index in [9.17, 15) is 14.4 Å². The van der Waals surface area contributed by atoms with E-state index in [1.165, 1.54) is 89.9 Å². The monoisotopic (exact) mass is 899 g/mol. The van der Waals surface area contributed by atoms with Gasteiger partial charge in [0.15, 0.2) is 6.10 Å². The minimum Gasteiger partial charge on any atom is -0.462 e. The Morgan fingerprint density at radius 2 is 0.585 bits per heavy atom. The smallest absolute Gasteiger partial charge is 0.306 e. The summed E-state index contributed by atoms with van der Waals surface area (Å²) in [6.45, 7) is 6.40. The molecule has 0 aliphatic rings. The Labute approximate surface area is 399 Å². The molecule has 0 aromatic heterocycles. The molecule has 366 valence electrons. The number of allylic oxidation sites excluding steroid dienone is 20. The lowest BCUT2D eigenvalue weighted by Gasteiger charge is -2.18. The molecule has 0 amide bonds. The summed E-state index contributed by atoms with van der Waals surface area (Å²) in [5.41, 5.74) is 0. The number of hydrogen-bond donors (Lipinski definition) is 0. The predicted molar refractivity (Wildman–Crippen MR) is 279 cm³/mol. The summed E-state index contributed by atoms with van der Waals surface area (Å²) < 4.78 is 16.6. The van der Waals surface area contributed by atoms with E-state index in [1.807, 2.05) is 6.08 Å². The molecule has 1 atom stereocenters. The highest BCUT2D eigenvalue weighted by atomic mass is 16.6.